The Labute approximate surface area is 150 Å². The van der Waals surface area contributed by atoms with E-state index in [4.69, 9.17) is 4.42 Å². The van der Waals surface area contributed by atoms with Gasteiger partial charge in [0, 0.05) is 5.56 Å². The molecule has 0 aliphatic rings. The summed E-state index contributed by atoms with van der Waals surface area (Å²) in [5.41, 5.74) is 1.73. The highest BCUT2D eigenvalue weighted by Gasteiger charge is 2.25. The molecule has 0 saturated heterocycles. The lowest BCUT2D eigenvalue weighted by Crippen LogP contribution is -2.86. The molecule has 0 aliphatic carbocycles. The van der Waals surface area contributed by atoms with Crippen molar-refractivity contribution in [1.82, 2.24) is 9.97 Å². The number of rotatable bonds is 5. The summed E-state index contributed by atoms with van der Waals surface area (Å²) < 4.78 is 5.66. The molecule has 0 unspecified atom stereocenters. The average molecular weight is 346 g/mol. The van der Waals surface area contributed by atoms with Crippen LogP contribution in [0.25, 0.3) is 10.9 Å². The number of hydrogen-bond acceptors (Lipinski definition) is 3. The monoisotopic (exact) mass is 346 g/mol. The van der Waals surface area contributed by atoms with Crippen LogP contribution in [0.5, 0.6) is 0 Å². The van der Waals surface area contributed by atoms with Gasteiger partial charge in [-0.05, 0) is 31.2 Å². The van der Waals surface area contributed by atoms with E-state index in [0.29, 0.717) is 16.7 Å². The van der Waals surface area contributed by atoms with Crippen molar-refractivity contribution in [3.05, 3.63) is 100 Å². The molecule has 2 heterocycles. The summed E-state index contributed by atoms with van der Waals surface area (Å²) >= 11 is 0. The van der Waals surface area contributed by atoms with Crippen molar-refractivity contribution in [2.24, 2.45) is 0 Å². The maximum absolute atomic E-state index is 12.4. The quantitative estimate of drug-likeness (QED) is 0.583. The molecule has 0 fully saturated rings. The number of aromatic nitrogens is 2. The van der Waals surface area contributed by atoms with Gasteiger partial charge in [-0.3, -0.25) is 4.79 Å². The number of quaternary nitrogens is 1. The van der Waals surface area contributed by atoms with Crippen LogP contribution in [-0.2, 0) is 0 Å². The smallest absolute Gasteiger partial charge is 0.258 e. The van der Waals surface area contributed by atoms with Gasteiger partial charge in [0.05, 0.1) is 17.2 Å². The number of furan rings is 1. The Morgan fingerprint density at radius 1 is 1.00 bits per heavy atom. The van der Waals surface area contributed by atoms with E-state index in [2.05, 4.69) is 27.4 Å². The SMILES string of the molecule is C[C@H]([NH2+][C@@H](c1ccccc1)c1ccco1)c1nc2ccccc2c(=O)[nH]1. The third-order valence-corrected chi connectivity index (χ3v) is 4.55. The molecule has 0 radical (unpaired) electrons. The van der Waals surface area contributed by atoms with Gasteiger partial charge in [-0.25, -0.2) is 4.98 Å². The molecule has 0 bridgehead atoms. The molecule has 130 valence electrons. The molecular weight excluding hydrogens is 326 g/mol. The topological polar surface area (TPSA) is 75.5 Å². The highest BCUT2D eigenvalue weighted by Crippen LogP contribution is 2.20. The third kappa shape index (κ3) is 3.17. The second-order valence-electron chi connectivity index (χ2n) is 6.35. The van der Waals surface area contributed by atoms with E-state index >= 15 is 0 Å². The van der Waals surface area contributed by atoms with E-state index in [-0.39, 0.29) is 17.6 Å². The molecule has 0 aliphatic heterocycles. The van der Waals surface area contributed by atoms with E-state index < -0.39 is 0 Å². The summed E-state index contributed by atoms with van der Waals surface area (Å²) in [7, 11) is 0. The fraction of sp³-hybridized carbons (Fsp3) is 0.143. The highest BCUT2D eigenvalue weighted by molar-refractivity contribution is 5.77. The summed E-state index contributed by atoms with van der Waals surface area (Å²) in [6.45, 7) is 2.03. The van der Waals surface area contributed by atoms with Crippen LogP contribution in [0.2, 0.25) is 0 Å². The van der Waals surface area contributed by atoms with Gasteiger partial charge in [0.15, 0.2) is 17.6 Å². The van der Waals surface area contributed by atoms with Gasteiger partial charge in [-0.1, -0.05) is 42.5 Å². The standard InChI is InChI=1S/C21H19N3O2/c1-14(20-23-17-11-6-5-10-16(17)21(25)24-20)22-19(18-12-7-13-26-18)15-8-3-2-4-9-15/h2-14,19,22H,1H3,(H,23,24,25)/p+1/t14-,19-/m0/s1. The van der Waals surface area contributed by atoms with Crippen molar-refractivity contribution < 1.29 is 9.73 Å². The maximum Gasteiger partial charge on any atom is 0.258 e. The minimum atomic E-state index is -0.111. The van der Waals surface area contributed by atoms with E-state index in [0.717, 1.165) is 11.3 Å². The fourth-order valence-electron chi connectivity index (χ4n) is 3.20. The van der Waals surface area contributed by atoms with Crippen LogP contribution in [0, 0.1) is 0 Å². The summed E-state index contributed by atoms with van der Waals surface area (Å²) in [4.78, 5) is 19.9. The van der Waals surface area contributed by atoms with Crippen LogP contribution >= 0.6 is 0 Å². The first kappa shape index (κ1) is 16.3. The zero-order chi connectivity index (χ0) is 17.9. The minimum absolute atomic E-state index is 0.0158. The highest BCUT2D eigenvalue weighted by atomic mass is 16.3. The van der Waals surface area contributed by atoms with Crippen molar-refractivity contribution in [2.75, 3.05) is 0 Å². The molecule has 26 heavy (non-hydrogen) atoms. The Morgan fingerprint density at radius 3 is 2.54 bits per heavy atom. The van der Waals surface area contributed by atoms with Crippen molar-refractivity contribution in [3.8, 4) is 0 Å². The van der Waals surface area contributed by atoms with E-state index in [1.165, 1.54) is 0 Å². The number of nitrogens with one attached hydrogen (secondary N) is 1. The molecule has 2 aromatic carbocycles. The van der Waals surface area contributed by atoms with Crippen LogP contribution < -0.4 is 10.9 Å². The molecule has 5 heteroatoms. The molecule has 3 N–H and O–H groups in total. The first-order chi connectivity index (χ1) is 12.7. The van der Waals surface area contributed by atoms with Crippen molar-refractivity contribution >= 4 is 10.9 Å². The second kappa shape index (κ2) is 6.98. The van der Waals surface area contributed by atoms with Gasteiger partial charge in [0.2, 0.25) is 0 Å². The van der Waals surface area contributed by atoms with Crippen molar-refractivity contribution in [1.29, 1.82) is 0 Å². The first-order valence-electron chi connectivity index (χ1n) is 8.64. The van der Waals surface area contributed by atoms with E-state index in [9.17, 15) is 4.79 Å². The Balaban J connectivity index is 1.69. The number of H-pyrrole nitrogens is 1. The predicted octanol–water partition coefficient (Wildman–Crippen LogP) is 2.93. The van der Waals surface area contributed by atoms with Crippen LogP contribution in [-0.4, -0.2) is 9.97 Å². The number of nitrogens with two attached hydrogens (primary N) is 1. The van der Waals surface area contributed by atoms with Crippen molar-refractivity contribution in [2.45, 2.75) is 19.0 Å². The molecule has 2 aromatic heterocycles. The number of fused-ring (bicyclic) bond motifs is 1. The summed E-state index contributed by atoms with van der Waals surface area (Å²) in [6.07, 6.45) is 1.68. The van der Waals surface area contributed by atoms with E-state index in [1.807, 2.05) is 55.5 Å². The first-order valence-corrected chi connectivity index (χ1v) is 8.64. The third-order valence-electron chi connectivity index (χ3n) is 4.55. The molecule has 4 aromatic rings. The Bertz CT molecular complexity index is 1060. The average Bonchev–Trinajstić information content (AvgIpc) is 3.21. The van der Waals surface area contributed by atoms with Crippen LogP contribution in [0.15, 0.2) is 82.2 Å². The summed E-state index contributed by atoms with van der Waals surface area (Å²) in [6, 6.07) is 21.3. The molecular formula is C21H20N3O2+. The maximum atomic E-state index is 12.4. The fourth-order valence-corrected chi connectivity index (χ4v) is 3.20. The zero-order valence-corrected chi connectivity index (χ0v) is 14.4. The van der Waals surface area contributed by atoms with Gasteiger partial charge in [0.25, 0.3) is 5.56 Å². The number of aromatic amines is 1. The molecule has 2 atom stereocenters. The second-order valence-corrected chi connectivity index (χ2v) is 6.35. The number of hydrogen-bond donors (Lipinski definition) is 2. The van der Waals surface area contributed by atoms with Gasteiger partial charge in [-0.15, -0.1) is 0 Å². The van der Waals surface area contributed by atoms with Crippen LogP contribution in [0.4, 0.5) is 0 Å². The molecule has 0 saturated carbocycles. The van der Waals surface area contributed by atoms with Gasteiger partial charge in [-0.2, -0.15) is 0 Å². The number of nitrogens with zero attached hydrogens (tertiary/aromatic N) is 1. The largest absolute Gasteiger partial charge is 0.463 e. The van der Waals surface area contributed by atoms with Crippen molar-refractivity contribution in [3.63, 3.8) is 0 Å². The molecule has 0 spiro atoms. The number of benzene rings is 2. The zero-order valence-electron chi connectivity index (χ0n) is 14.4. The Morgan fingerprint density at radius 2 is 1.77 bits per heavy atom. The lowest BCUT2D eigenvalue weighted by molar-refractivity contribution is -0.725. The molecule has 0 amide bonds. The van der Waals surface area contributed by atoms with Crippen LogP contribution in [0.3, 0.4) is 0 Å². The van der Waals surface area contributed by atoms with Gasteiger partial charge < -0.3 is 14.7 Å². The summed E-state index contributed by atoms with van der Waals surface area (Å²) in [5, 5.41) is 2.76. The Kier molecular flexibility index (Phi) is 4.37. The van der Waals surface area contributed by atoms with E-state index in [1.54, 1.807) is 12.3 Å². The van der Waals surface area contributed by atoms with Gasteiger partial charge in [0.1, 0.15) is 6.04 Å². The molecule has 5 nitrogen and oxygen atoms in total. The number of para-hydroxylation sites is 1. The Hall–Kier alpha value is -3.18. The normalized spacial score (nSPS) is 13.6. The van der Waals surface area contributed by atoms with Gasteiger partial charge >= 0.3 is 0 Å². The molecule has 4 rings (SSSR count). The lowest BCUT2D eigenvalue weighted by atomic mass is 10.0. The van der Waals surface area contributed by atoms with Crippen LogP contribution in [0.1, 0.15) is 36.2 Å². The predicted molar refractivity (Wildman–Crippen MR) is 99.7 cm³/mol. The summed E-state index contributed by atoms with van der Waals surface area (Å²) in [5.74, 6) is 1.52. The minimum Gasteiger partial charge on any atom is -0.463 e. The lowest BCUT2D eigenvalue weighted by Gasteiger charge is -2.18.